The van der Waals surface area contributed by atoms with Crippen LogP contribution >= 0.6 is 11.3 Å². The fourth-order valence-electron chi connectivity index (χ4n) is 1.00. The average Bonchev–Trinajstić information content (AvgIpc) is 2.83. The summed E-state index contributed by atoms with van der Waals surface area (Å²) < 4.78 is 4.98. The Hall–Kier alpha value is -2.19. The lowest BCUT2D eigenvalue weighted by Crippen LogP contribution is -2.07. The third-order valence-corrected chi connectivity index (χ3v) is 2.57. The van der Waals surface area contributed by atoms with Gasteiger partial charge in [-0.15, -0.1) is 11.3 Å². The molecule has 0 bridgehead atoms. The van der Waals surface area contributed by atoms with E-state index < -0.39 is 5.97 Å². The van der Waals surface area contributed by atoms with E-state index in [1.165, 1.54) is 23.5 Å². The standard InChI is InChI=1S/C11H5N2O2S/c12-6-8-3-4-10(13-7-8)15-11(14)9-2-1-5-16-9/h1-5H. The van der Waals surface area contributed by atoms with Crippen LogP contribution in [-0.2, 0) is 0 Å². The summed E-state index contributed by atoms with van der Waals surface area (Å²) in [5, 5.41) is 10.3. The Bertz CT molecular complexity index is 526. The van der Waals surface area contributed by atoms with Crippen molar-refractivity contribution in [3.8, 4) is 11.9 Å². The topological polar surface area (TPSA) is 63.0 Å². The van der Waals surface area contributed by atoms with E-state index in [1.54, 1.807) is 17.5 Å². The van der Waals surface area contributed by atoms with Crippen LogP contribution in [0.25, 0.3) is 0 Å². The molecule has 0 amide bonds. The molecule has 0 saturated heterocycles. The van der Waals surface area contributed by atoms with E-state index in [2.05, 4.69) is 11.2 Å². The van der Waals surface area contributed by atoms with Crippen LogP contribution < -0.4 is 4.74 Å². The Morgan fingerprint density at radius 2 is 2.38 bits per heavy atom. The predicted octanol–water partition coefficient (Wildman–Crippen LogP) is 2.03. The number of esters is 1. The summed E-state index contributed by atoms with van der Waals surface area (Å²) in [6.07, 6.45) is 2.45. The second-order valence-corrected chi connectivity index (χ2v) is 3.74. The smallest absolute Gasteiger partial charge is 0.355 e. The largest absolute Gasteiger partial charge is 0.403 e. The van der Waals surface area contributed by atoms with E-state index in [1.807, 2.05) is 6.07 Å². The first-order valence-electron chi connectivity index (χ1n) is 4.34. The lowest BCUT2D eigenvalue weighted by Gasteiger charge is -2.00. The van der Waals surface area contributed by atoms with E-state index in [9.17, 15) is 4.79 Å². The van der Waals surface area contributed by atoms with Gasteiger partial charge < -0.3 is 4.74 Å². The van der Waals surface area contributed by atoms with Crippen LogP contribution in [0.5, 0.6) is 5.88 Å². The molecule has 16 heavy (non-hydrogen) atoms. The molecule has 5 heteroatoms. The molecule has 0 spiro atoms. The Morgan fingerprint density at radius 1 is 1.50 bits per heavy atom. The first kappa shape index (κ1) is 10.3. The van der Waals surface area contributed by atoms with Crippen LogP contribution in [0.2, 0.25) is 0 Å². The number of carbonyl (C=O) groups excluding carboxylic acids is 1. The summed E-state index contributed by atoms with van der Waals surface area (Å²) in [5.41, 5.74) is 0.302. The Kier molecular flexibility index (Phi) is 2.94. The quantitative estimate of drug-likeness (QED) is 0.739. The number of pyridine rings is 1. The van der Waals surface area contributed by atoms with Crippen molar-refractivity contribution >= 4 is 17.3 Å². The van der Waals surface area contributed by atoms with Crippen LogP contribution in [0.3, 0.4) is 0 Å². The first-order valence-corrected chi connectivity index (χ1v) is 5.22. The van der Waals surface area contributed by atoms with Crippen molar-refractivity contribution in [3.05, 3.63) is 46.3 Å². The normalized spacial score (nSPS) is 9.44. The van der Waals surface area contributed by atoms with Crippen molar-refractivity contribution in [1.29, 1.82) is 5.26 Å². The number of carbonyl (C=O) groups is 1. The first-order chi connectivity index (χ1) is 7.79. The maximum Gasteiger partial charge on any atom is 0.355 e. The van der Waals surface area contributed by atoms with E-state index in [0.29, 0.717) is 10.4 Å². The molecule has 2 heterocycles. The Labute approximate surface area is 95.7 Å². The Morgan fingerprint density at radius 3 is 2.94 bits per heavy atom. The molecule has 1 radical (unpaired) electrons. The summed E-state index contributed by atoms with van der Waals surface area (Å²) in [5.74, 6) is -0.321. The van der Waals surface area contributed by atoms with Crippen LogP contribution in [0.4, 0.5) is 0 Å². The fraction of sp³-hybridized carbons (Fsp3) is 0. The molecule has 0 aromatic carbocycles. The molecule has 0 N–H and O–H groups in total. The molecular formula is C11H5N2O2S. The van der Waals surface area contributed by atoms with Crippen LogP contribution in [-0.4, -0.2) is 11.0 Å². The summed E-state index contributed by atoms with van der Waals surface area (Å²) in [6.45, 7) is 0. The zero-order chi connectivity index (χ0) is 11.4. The van der Waals surface area contributed by atoms with Gasteiger partial charge >= 0.3 is 5.97 Å². The monoisotopic (exact) mass is 229 g/mol. The number of nitrogens with zero attached hydrogens (tertiary/aromatic N) is 2. The molecular weight excluding hydrogens is 224 g/mol. The molecule has 0 aliphatic carbocycles. The zero-order valence-electron chi connectivity index (χ0n) is 8.01. The van der Waals surface area contributed by atoms with Gasteiger partial charge in [-0.3, -0.25) is 0 Å². The molecule has 2 aromatic heterocycles. The number of ether oxygens (including phenoxy) is 1. The molecule has 0 unspecified atom stereocenters. The summed E-state index contributed by atoms with van der Waals surface area (Å²) >= 11 is 1.29. The highest BCUT2D eigenvalue weighted by molar-refractivity contribution is 7.12. The highest BCUT2D eigenvalue weighted by Crippen LogP contribution is 2.13. The summed E-state index contributed by atoms with van der Waals surface area (Å²) in [4.78, 5) is 15.7. The van der Waals surface area contributed by atoms with Gasteiger partial charge in [-0.05, 0) is 17.5 Å². The van der Waals surface area contributed by atoms with E-state index in [-0.39, 0.29) is 5.88 Å². The predicted molar refractivity (Wildman–Crippen MR) is 57.1 cm³/mol. The second kappa shape index (κ2) is 4.55. The minimum absolute atomic E-state index is 0.136. The number of hydrogen-bond acceptors (Lipinski definition) is 5. The molecule has 4 nitrogen and oxygen atoms in total. The lowest BCUT2D eigenvalue weighted by atomic mass is 10.3. The van der Waals surface area contributed by atoms with Gasteiger partial charge in [0.15, 0.2) is 0 Å². The highest BCUT2D eigenvalue weighted by atomic mass is 32.1. The molecule has 0 fully saturated rings. The van der Waals surface area contributed by atoms with E-state index in [0.717, 1.165) is 0 Å². The van der Waals surface area contributed by atoms with E-state index >= 15 is 0 Å². The van der Waals surface area contributed by atoms with Gasteiger partial charge in [-0.1, -0.05) is 6.07 Å². The maximum atomic E-state index is 11.5. The van der Waals surface area contributed by atoms with Crippen molar-refractivity contribution in [3.63, 3.8) is 0 Å². The second-order valence-electron chi connectivity index (χ2n) is 2.79. The number of thiophene rings is 1. The van der Waals surface area contributed by atoms with Gasteiger partial charge in [0.1, 0.15) is 17.1 Å². The third kappa shape index (κ3) is 2.24. The van der Waals surface area contributed by atoms with Crippen molar-refractivity contribution in [2.75, 3.05) is 0 Å². The van der Waals surface area contributed by atoms with Crippen molar-refractivity contribution < 1.29 is 9.53 Å². The summed E-state index contributed by atoms with van der Waals surface area (Å²) in [7, 11) is 0. The van der Waals surface area contributed by atoms with Crippen LogP contribution in [0.1, 0.15) is 15.2 Å². The molecule has 77 valence electrons. The number of nitriles is 1. The van der Waals surface area contributed by atoms with Crippen LogP contribution in [0.15, 0.2) is 29.6 Å². The van der Waals surface area contributed by atoms with Gasteiger partial charge in [0, 0.05) is 6.07 Å². The van der Waals surface area contributed by atoms with Crippen LogP contribution in [0, 0.1) is 17.5 Å². The van der Waals surface area contributed by atoms with Gasteiger partial charge in [-0.25, -0.2) is 9.78 Å². The number of hydrogen-bond donors (Lipinski definition) is 0. The zero-order valence-corrected chi connectivity index (χ0v) is 8.82. The van der Waals surface area contributed by atoms with Gasteiger partial charge in [0.25, 0.3) is 0 Å². The molecule has 0 aliphatic rings. The molecule has 0 atom stereocenters. The molecule has 0 aliphatic heterocycles. The van der Waals surface area contributed by atoms with Gasteiger partial charge in [-0.2, -0.15) is 5.26 Å². The number of rotatable bonds is 2. The minimum Gasteiger partial charge on any atom is -0.403 e. The van der Waals surface area contributed by atoms with Gasteiger partial charge in [0.2, 0.25) is 5.88 Å². The molecule has 2 rings (SSSR count). The molecule has 0 saturated carbocycles. The SMILES string of the molecule is N#Cc1[c]nc(OC(=O)c2cccs2)cc1. The minimum atomic E-state index is -0.458. The molecule has 2 aromatic rings. The Balaban J connectivity index is 2.10. The van der Waals surface area contributed by atoms with Crippen molar-refractivity contribution in [2.45, 2.75) is 0 Å². The third-order valence-electron chi connectivity index (χ3n) is 1.72. The summed E-state index contributed by atoms with van der Waals surface area (Å²) in [6, 6.07) is 8.26. The maximum absolute atomic E-state index is 11.5. The average molecular weight is 229 g/mol. The van der Waals surface area contributed by atoms with Crippen molar-refractivity contribution in [1.82, 2.24) is 4.98 Å². The van der Waals surface area contributed by atoms with Gasteiger partial charge in [0.05, 0.1) is 5.56 Å². The fourth-order valence-corrected chi connectivity index (χ4v) is 1.60. The van der Waals surface area contributed by atoms with E-state index in [4.69, 9.17) is 10.00 Å². The van der Waals surface area contributed by atoms with Crippen molar-refractivity contribution in [2.24, 2.45) is 0 Å². The highest BCUT2D eigenvalue weighted by Gasteiger charge is 2.09. The number of aromatic nitrogens is 1. The lowest BCUT2D eigenvalue weighted by molar-refractivity contribution is 0.0732.